The van der Waals surface area contributed by atoms with E-state index >= 15 is 0 Å². The van der Waals surface area contributed by atoms with Gasteiger partial charge >= 0.3 is 11.9 Å². The Balaban J connectivity index is 2.82. The van der Waals surface area contributed by atoms with Gasteiger partial charge in [0.25, 0.3) is 0 Å². The Morgan fingerprint density at radius 1 is 1.26 bits per heavy atom. The maximum Gasteiger partial charge on any atom is 0.373 e. The van der Waals surface area contributed by atoms with Crippen molar-refractivity contribution in [1.29, 1.82) is 0 Å². The molecule has 0 radical (unpaired) electrons. The topological polar surface area (TPSA) is 65.7 Å². The van der Waals surface area contributed by atoms with Crippen molar-refractivity contribution in [1.82, 2.24) is 0 Å². The average molecular weight is 266 g/mol. The maximum atomic E-state index is 11.7. The molecule has 1 rings (SSSR count). The summed E-state index contributed by atoms with van der Waals surface area (Å²) in [6, 6.07) is 3.07. The van der Waals surface area contributed by atoms with Crippen molar-refractivity contribution in [3.8, 4) is 0 Å². The molecule has 1 aromatic rings. The van der Waals surface area contributed by atoms with E-state index < -0.39 is 17.5 Å². The Bertz CT molecular complexity index is 502. The summed E-state index contributed by atoms with van der Waals surface area (Å²) in [5.41, 5.74) is -0.160. The standard InChI is InChI=1S/C14H18O5/c1-9(12(15)19-14(2,3)4)8-10-6-7-11(18-10)13(16)17-5/h6-8H,1-5H3. The van der Waals surface area contributed by atoms with Crippen LogP contribution in [0.15, 0.2) is 22.1 Å². The van der Waals surface area contributed by atoms with Crippen LogP contribution in [0.5, 0.6) is 0 Å². The van der Waals surface area contributed by atoms with Crippen molar-refractivity contribution >= 4 is 18.0 Å². The zero-order valence-electron chi connectivity index (χ0n) is 11.8. The molecule has 0 aliphatic carbocycles. The predicted molar refractivity (Wildman–Crippen MR) is 69.5 cm³/mol. The first-order chi connectivity index (χ1) is 8.73. The van der Waals surface area contributed by atoms with Crippen molar-refractivity contribution < 1.29 is 23.5 Å². The third kappa shape index (κ3) is 4.62. The number of furan rings is 1. The second kappa shape index (κ2) is 5.73. The summed E-state index contributed by atoms with van der Waals surface area (Å²) in [6.07, 6.45) is 1.51. The molecule has 5 nitrogen and oxygen atoms in total. The quantitative estimate of drug-likeness (QED) is 0.621. The van der Waals surface area contributed by atoms with Crippen LogP contribution >= 0.6 is 0 Å². The fourth-order valence-electron chi connectivity index (χ4n) is 1.27. The van der Waals surface area contributed by atoms with Crippen LogP contribution in [0.1, 0.15) is 44.0 Å². The summed E-state index contributed by atoms with van der Waals surface area (Å²) in [7, 11) is 1.27. The molecule has 0 amide bonds. The lowest BCUT2D eigenvalue weighted by atomic mass is 10.2. The summed E-state index contributed by atoms with van der Waals surface area (Å²) < 4.78 is 15.0. The molecule has 19 heavy (non-hydrogen) atoms. The largest absolute Gasteiger partial charge is 0.463 e. The van der Waals surface area contributed by atoms with Gasteiger partial charge < -0.3 is 13.9 Å². The Morgan fingerprint density at radius 2 is 1.89 bits per heavy atom. The van der Waals surface area contributed by atoms with E-state index in [0.717, 1.165) is 0 Å². The summed E-state index contributed by atoms with van der Waals surface area (Å²) in [6.45, 7) is 7.00. The van der Waals surface area contributed by atoms with E-state index in [-0.39, 0.29) is 5.76 Å². The van der Waals surface area contributed by atoms with E-state index in [0.29, 0.717) is 11.3 Å². The van der Waals surface area contributed by atoms with E-state index in [4.69, 9.17) is 9.15 Å². The second-order valence-electron chi connectivity index (χ2n) is 5.02. The van der Waals surface area contributed by atoms with Crippen LogP contribution in [0.2, 0.25) is 0 Å². The summed E-state index contributed by atoms with van der Waals surface area (Å²) in [5, 5.41) is 0. The summed E-state index contributed by atoms with van der Waals surface area (Å²) in [5.74, 6) is -0.507. The molecule has 0 saturated heterocycles. The maximum absolute atomic E-state index is 11.7. The van der Waals surface area contributed by atoms with E-state index in [9.17, 15) is 9.59 Å². The van der Waals surface area contributed by atoms with Crippen molar-refractivity contribution in [2.45, 2.75) is 33.3 Å². The minimum atomic E-state index is -0.561. The van der Waals surface area contributed by atoms with Crippen LogP contribution in [0.25, 0.3) is 6.08 Å². The SMILES string of the molecule is COC(=O)c1ccc(C=C(C)C(=O)OC(C)(C)C)o1. The molecule has 0 aliphatic heterocycles. The summed E-state index contributed by atoms with van der Waals surface area (Å²) in [4.78, 5) is 22.9. The lowest BCUT2D eigenvalue weighted by molar-refractivity contribution is -0.149. The first-order valence-corrected chi connectivity index (χ1v) is 5.83. The van der Waals surface area contributed by atoms with Crippen LogP contribution in [-0.2, 0) is 14.3 Å². The van der Waals surface area contributed by atoms with Crippen LogP contribution in [0.4, 0.5) is 0 Å². The van der Waals surface area contributed by atoms with Gasteiger partial charge in [0.1, 0.15) is 11.4 Å². The second-order valence-corrected chi connectivity index (χ2v) is 5.02. The van der Waals surface area contributed by atoms with E-state index in [1.165, 1.54) is 19.3 Å². The van der Waals surface area contributed by atoms with Crippen LogP contribution in [0.3, 0.4) is 0 Å². The molecule has 0 atom stereocenters. The van der Waals surface area contributed by atoms with Gasteiger partial charge in [-0.1, -0.05) is 0 Å². The number of rotatable bonds is 3. The van der Waals surface area contributed by atoms with Gasteiger partial charge in [-0.2, -0.15) is 0 Å². The van der Waals surface area contributed by atoms with Gasteiger partial charge in [0.15, 0.2) is 0 Å². The first-order valence-electron chi connectivity index (χ1n) is 5.83. The molecule has 0 spiro atoms. The number of methoxy groups -OCH3 is 1. The van der Waals surface area contributed by atoms with Crippen LogP contribution in [-0.4, -0.2) is 24.6 Å². The van der Waals surface area contributed by atoms with Crippen molar-refractivity contribution in [3.63, 3.8) is 0 Å². The highest BCUT2D eigenvalue weighted by atomic mass is 16.6. The molecule has 5 heteroatoms. The fourth-order valence-corrected chi connectivity index (χ4v) is 1.27. The number of hydrogen-bond acceptors (Lipinski definition) is 5. The fraction of sp³-hybridized carbons (Fsp3) is 0.429. The Hall–Kier alpha value is -2.04. The Labute approximate surface area is 112 Å². The third-order valence-corrected chi connectivity index (χ3v) is 2.09. The molecule has 1 aromatic heterocycles. The number of carbonyl (C=O) groups is 2. The van der Waals surface area contributed by atoms with Gasteiger partial charge in [-0.3, -0.25) is 0 Å². The Morgan fingerprint density at radius 3 is 2.42 bits per heavy atom. The van der Waals surface area contributed by atoms with Gasteiger partial charge in [0.05, 0.1) is 7.11 Å². The zero-order valence-corrected chi connectivity index (χ0v) is 11.8. The molecule has 0 aliphatic rings. The summed E-state index contributed by atoms with van der Waals surface area (Å²) >= 11 is 0. The molecular weight excluding hydrogens is 248 g/mol. The molecule has 0 unspecified atom stereocenters. The van der Waals surface area contributed by atoms with Gasteiger partial charge in [-0.25, -0.2) is 9.59 Å². The predicted octanol–water partition coefficient (Wildman–Crippen LogP) is 2.81. The normalized spacial score (nSPS) is 12.2. The molecule has 0 fully saturated rings. The molecule has 0 aromatic carbocycles. The van der Waals surface area contributed by atoms with Gasteiger partial charge in [-0.15, -0.1) is 0 Å². The highest BCUT2D eigenvalue weighted by Crippen LogP contribution is 2.16. The smallest absolute Gasteiger partial charge is 0.373 e. The van der Waals surface area contributed by atoms with E-state index in [1.54, 1.807) is 33.8 Å². The first kappa shape index (κ1) is 15.0. The number of carbonyl (C=O) groups excluding carboxylic acids is 2. The van der Waals surface area contributed by atoms with E-state index in [1.807, 2.05) is 0 Å². The van der Waals surface area contributed by atoms with Gasteiger partial charge in [-0.05, 0) is 45.9 Å². The minimum absolute atomic E-state index is 0.0886. The van der Waals surface area contributed by atoms with Crippen molar-refractivity contribution in [2.24, 2.45) is 0 Å². The third-order valence-electron chi connectivity index (χ3n) is 2.09. The lowest BCUT2D eigenvalue weighted by Crippen LogP contribution is -2.24. The average Bonchev–Trinajstić information content (AvgIpc) is 2.74. The molecular formula is C14H18O5. The van der Waals surface area contributed by atoms with Crippen molar-refractivity contribution in [2.75, 3.05) is 7.11 Å². The van der Waals surface area contributed by atoms with Gasteiger partial charge in [0.2, 0.25) is 5.76 Å². The monoisotopic (exact) mass is 266 g/mol. The lowest BCUT2D eigenvalue weighted by Gasteiger charge is -2.19. The number of hydrogen-bond donors (Lipinski definition) is 0. The molecule has 0 N–H and O–H groups in total. The highest BCUT2D eigenvalue weighted by Gasteiger charge is 2.18. The zero-order chi connectivity index (χ0) is 14.6. The van der Waals surface area contributed by atoms with Crippen LogP contribution < -0.4 is 0 Å². The molecule has 0 bridgehead atoms. The highest BCUT2D eigenvalue weighted by molar-refractivity contribution is 5.93. The van der Waals surface area contributed by atoms with Gasteiger partial charge in [0, 0.05) is 5.57 Å². The number of ether oxygens (including phenoxy) is 2. The molecule has 1 heterocycles. The molecule has 104 valence electrons. The number of esters is 2. The minimum Gasteiger partial charge on any atom is -0.463 e. The van der Waals surface area contributed by atoms with Crippen LogP contribution in [0, 0.1) is 0 Å². The van der Waals surface area contributed by atoms with E-state index in [2.05, 4.69) is 4.74 Å². The Kier molecular flexibility index (Phi) is 4.53. The van der Waals surface area contributed by atoms with Crippen molar-refractivity contribution in [3.05, 3.63) is 29.2 Å². The molecule has 0 saturated carbocycles.